The number of Topliss-reactive ketones (excluding diaryl/α,β-unsaturated/α-hetero) is 1. The fourth-order valence-electron chi connectivity index (χ4n) is 4.85. The van der Waals surface area contributed by atoms with Crippen LogP contribution in [0.15, 0.2) is 78.4 Å². The number of amides is 1. The van der Waals surface area contributed by atoms with Gasteiger partial charge in [0.1, 0.15) is 17.6 Å². The maximum absolute atomic E-state index is 13.2. The standard InChI is InChI=1S/C28H24N2O6/c1-17-15-21-16-20(9-12-23(21)36-17)26(31)24-25(19-7-10-22(11-8-19)30(34)35)29(28(33)27(24)32)14-13-18-5-3-2-4-6-18/h2-12,16-17,25,31H,13-15H2,1H3/b26-24+/t17-,25-/m0/s1. The summed E-state index contributed by atoms with van der Waals surface area (Å²) >= 11 is 0. The number of carbonyl (C=O) groups is 2. The van der Waals surface area contributed by atoms with Crippen LogP contribution in [0.25, 0.3) is 5.76 Å². The summed E-state index contributed by atoms with van der Waals surface area (Å²) in [5.74, 6) is -1.04. The molecule has 1 N–H and O–H groups in total. The van der Waals surface area contributed by atoms with E-state index in [4.69, 9.17) is 4.74 Å². The lowest BCUT2D eigenvalue weighted by Crippen LogP contribution is -2.31. The first kappa shape index (κ1) is 23.3. The highest BCUT2D eigenvalue weighted by Crippen LogP contribution is 2.41. The van der Waals surface area contributed by atoms with Crippen molar-refractivity contribution in [2.24, 2.45) is 0 Å². The van der Waals surface area contributed by atoms with Crippen LogP contribution in [0.1, 0.15) is 35.2 Å². The summed E-state index contributed by atoms with van der Waals surface area (Å²) in [6.45, 7) is 2.19. The van der Waals surface area contributed by atoms with Gasteiger partial charge in [0.2, 0.25) is 0 Å². The number of likely N-dealkylation sites (tertiary alicyclic amines) is 1. The topological polar surface area (TPSA) is 110 Å². The van der Waals surface area contributed by atoms with Crippen molar-refractivity contribution in [3.05, 3.63) is 111 Å². The second-order valence-corrected chi connectivity index (χ2v) is 9.03. The first-order valence-corrected chi connectivity index (χ1v) is 11.7. The van der Waals surface area contributed by atoms with E-state index < -0.39 is 22.7 Å². The lowest BCUT2D eigenvalue weighted by atomic mass is 9.94. The van der Waals surface area contributed by atoms with Gasteiger partial charge in [0.25, 0.3) is 17.4 Å². The Morgan fingerprint density at radius 2 is 1.81 bits per heavy atom. The fourth-order valence-corrected chi connectivity index (χ4v) is 4.85. The number of benzene rings is 3. The van der Waals surface area contributed by atoms with Gasteiger partial charge in [-0.1, -0.05) is 30.3 Å². The van der Waals surface area contributed by atoms with Gasteiger partial charge >= 0.3 is 0 Å². The van der Waals surface area contributed by atoms with Crippen LogP contribution in [0.2, 0.25) is 0 Å². The van der Waals surface area contributed by atoms with Crippen molar-refractivity contribution in [2.75, 3.05) is 6.54 Å². The maximum atomic E-state index is 13.2. The van der Waals surface area contributed by atoms with Gasteiger partial charge in [-0.3, -0.25) is 19.7 Å². The largest absolute Gasteiger partial charge is 0.507 e. The molecular formula is C28H24N2O6. The average Bonchev–Trinajstić information content (AvgIpc) is 3.38. The van der Waals surface area contributed by atoms with Crippen LogP contribution >= 0.6 is 0 Å². The van der Waals surface area contributed by atoms with Crippen molar-refractivity contribution >= 4 is 23.1 Å². The van der Waals surface area contributed by atoms with E-state index in [2.05, 4.69) is 0 Å². The molecule has 2 aliphatic heterocycles. The first-order chi connectivity index (χ1) is 17.3. The number of nitro benzene ring substituents is 1. The minimum atomic E-state index is -0.877. The predicted octanol–water partition coefficient (Wildman–Crippen LogP) is 4.58. The molecule has 1 saturated heterocycles. The number of aliphatic hydroxyl groups excluding tert-OH is 1. The molecule has 182 valence electrons. The Morgan fingerprint density at radius 1 is 1.08 bits per heavy atom. The summed E-state index contributed by atoms with van der Waals surface area (Å²) in [7, 11) is 0. The number of nitro groups is 1. The van der Waals surface area contributed by atoms with Crippen LogP contribution in [0.3, 0.4) is 0 Å². The van der Waals surface area contributed by atoms with Crippen LogP contribution in [-0.2, 0) is 22.4 Å². The molecule has 2 atom stereocenters. The maximum Gasteiger partial charge on any atom is 0.295 e. The van der Waals surface area contributed by atoms with Crippen LogP contribution < -0.4 is 4.74 Å². The minimum Gasteiger partial charge on any atom is -0.507 e. The normalized spacial score (nSPS) is 20.3. The zero-order valence-corrected chi connectivity index (χ0v) is 19.6. The molecule has 5 rings (SSSR count). The quantitative estimate of drug-likeness (QED) is 0.180. The van der Waals surface area contributed by atoms with Crippen LogP contribution in [-0.4, -0.2) is 39.3 Å². The van der Waals surface area contributed by atoms with Crippen molar-refractivity contribution in [2.45, 2.75) is 31.9 Å². The molecular weight excluding hydrogens is 460 g/mol. The number of aliphatic hydroxyl groups is 1. The Kier molecular flexibility index (Phi) is 6.01. The van der Waals surface area contributed by atoms with E-state index >= 15 is 0 Å². The van der Waals surface area contributed by atoms with Crippen molar-refractivity contribution in [1.82, 2.24) is 4.90 Å². The Labute approximate surface area is 207 Å². The molecule has 8 heteroatoms. The summed E-state index contributed by atoms with van der Waals surface area (Å²) in [6.07, 6.45) is 1.19. The molecule has 1 fully saturated rings. The molecule has 8 nitrogen and oxygen atoms in total. The van der Waals surface area contributed by atoms with Crippen molar-refractivity contribution in [3.63, 3.8) is 0 Å². The monoisotopic (exact) mass is 484 g/mol. The molecule has 3 aromatic rings. The summed E-state index contributed by atoms with van der Waals surface area (Å²) in [4.78, 5) is 38.5. The van der Waals surface area contributed by atoms with Crippen LogP contribution in [0.5, 0.6) is 5.75 Å². The highest BCUT2D eigenvalue weighted by atomic mass is 16.6. The van der Waals surface area contributed by atoms with E-state index in [-0.39, 0.29) is 29.7 Å². The third kappa shape index (κ3) is 4.22. The van der Waals surface area contributed by atoms with Gasteiger partial charge in [-0.05, 0) is 60.4 Å². The molecule has 0 aromatic heterocycles. The smallest absolute Gasteiger partial charge is 0.295 e. The zero-order chi connectivity index (χ0) is 25.4. The summed E-state index contributed by atoms with van der Waals surface area (Å²) in [6, 6.07) is 19.6. The number of ether oxygens (including phenoxy) is 1. The molecule has 0 bridgehead atoms. The SMILES string of the molecule is C[C@H]1Cc2cc(/C(O)=C3\C(=O)C(=O)N(CCc4ccccc4)[C@H]3c3ccc([N+](=O)[O-])cc3)ccc2O1. The number of non-ortho nitro benzene ring substituents is 1. The number of rotatable bonds is 6. The summed E-state index contributed by atoms with van der Waals surface area (Å²) in [5.41, 5.74) is 2.69. The lowest BCUT2D eigenvalue weighted by molar-refractivity contribution is -0.384. The number of hydrogen-bond donors (Lipinski definition) is 1. The van der Waals surface area contributed by atoms with E-state index in [1.165, 1.54) is 29.2 Å². The van der Waals surface area contributed by atoms with Crippen LogP contribution in [0.4, 0.5) is 5.69 Å². The first-order valence-electron chi connectivity index (χ1n) is 11.7. The molecule has 2 aliphatic rings. The number of ketones is 1. The van der Waals surface area contributed by atoms with Gasteiger partial charge in [-0.2, -0.15) is 0 Å². The van der Waals surface area contributed by atoms with Crippen molar-refractivity contribution in [3.8, 4) is 5.75 Å². The highest BCUT2D eigenvalue weighted by molar-refractivity contribution is 6.46. The predicted molar refractivity (Wildman–Crippen MR) is 132 cm³/mol. The van der Waals surface area contributed by atoms with Gasteiger partial charge in [-0.25, -0.2) is 0 Å². The molecule has 0 spiro atoms. The van der Waals surface area contributed by atoms with Crippen LogP contribution in [0, 0.1) is 10.1 Å². The van der Waals surface area contributed by atoms with E-state index in [0.717, 1.165) is 16.9 Å². The summed E-state index contributed by atoms with van der Waals surface area (Å²) < 4.78 is 5.74. The minimum absolute atomic E-state index is 0.0149. The molecule has 36 heavy (non-hydrogen) atoms. The van der Waals surface area contributed by atoms with Gasteiger partial charge in [0.15, 0.2) is 0 Å². The molecule has 0 unspecified atom stereocenters. The second-order valence-electron chi connectivity index (χ2n) is 9.03. The molecule has 3 aromatic carbocycles. The molecule has 2 heterocycles. The molecule has 0 aliphatic carbocycles. The number of fused-ring (bicyclic) bond motifs is 1. The van der Waals surface area contributed by atoms with Gasteiger partial charge in [-0.15, -0.1) is 0 Å². The van der Waals surface area contributed by atoms with Gasteiger partial charge in [0, 0.05) is 30.7 Å². The third-order valence-corrected chi connectivity index (χ3v) is 6.61. The second kappa shape index (κ2) is 9.30. The number of nitrogens with zero attached hydrogens (tertiary/aromatic N) is 2. The molecule has 0 radical (unpaired) electrons. The van der Waals surface area contributed by atoms with E-state index in [0.29, 0.717) is 24.0 Å². The average molecular weight is 485 g/mol. The lowest BCUT2D eigenvalue weighted by Gasteiger charge is -2.25. The Balaban J connectivity index is 1.57. The molecule has 0 saturated carbocycles. The van der Waals surface area contributed by atoms with E-state index in [9.17, 15) is 24.8 Å². The number of hydrogen-bond acceptors (Lipinski definition) is 6. The van der Waals surface area contributed by atoms with Gasteiger partial charge in [0.05, 0.1) is 16.5 Å². The third-order valence-electron chi connectivity index (χ3n) is 6.61. The van der Waals surface area contributed by atoms with Gasteiger partial charge < -0.3 is 14.7 Å². The Hall–Kier alpha value is -4.46. The van der Waals surface area contributed by atoms with E-state index in [1.807, 2.05) is 37.3 Å². The molecule has 1 amide bonds. The van der Waals surface area contributed by atoms with Crippen molar-refractivity contribution in [1.29, 1.82) is 0 Å². The Bertz CT molecular complexity index is 1380. The van der Waals surface area contributed by atoms with Crippen molar-refractivity contribution < 1.29 is 24.4 Å². The van der Waals surface area contributed by atoms with E-state index in [1.54, 1.807) is 18.2 Å². The Morgan fingerprint density at radius 3 is 2.50 bits per heavy atom. The fraction of sp³-hybridized carbons (Fsp3) is 0.214. The highest BCUT2D eigenvalue weighted by Gasteiger charge is 2.46. The number of carbonyl (C=O) groups excluding carboxylic acids is 2. The zero-order valence-electron chi connectivity index (χ0n) is 19.6. The summed E-state index contributed by atoms with van der Waals surface area (Å²) in [5, 5.41) is 22.5.